The van der Waals surface area contributed by atoms with E-state index in [1.54, 1.807) is 37.6 Å². The van der Waals surface area contributed by atoms with Gasteiger partial charge in [0.25, 0.3) is 5.69 Å². The number of benzene rings is 2. The van der Waals surface area contributed by atoms with E-state index in [1.165, 1.54) is 25.0 Å². The SMILES string of the molecule is COc1cc(/C=N/NC(=O)[C@H]2[C@H]3CCCC[C@@]32C)ccc1OCc1ccc([N+](=O)[O-])cc1. The van der Waals surface area contributed by atoms with Gasteiger partial charge in [0.05, 0.1) is 18.2 Å². The first-order chi connectivity index (χ1) is 15.4. The fraction of sp³-hybridized carbons (Fsp3) is 0.417. The number of nitrogens with zero attached hydrogens (tertiary/aromatic N) is 2. The van der Waals surface area contributed by atoms with E-state index in [9.17, 15) is 14.9 Å². The maximum absolute atomic E-state index is 12.5. The minimum absolute atomic E-state index is 0.00525. The Bertz CT molecular complexity index is 1040. The largest absolute Gasteiger partial charge is 0.493 e. The lowest BCUT2D eigenvalue weighted by atomic mass is 9.90. The molecule has 2 aliphatic rings. The number of fused-ring (bicyclic) bond motifs is 1. The molecule has 0 aliphatic heterocycles. The van der Waals surface area contributed by atoms with Gasteiger partial charge in [-0.1, -0.05) is 19.8 Å². The van der Waals surface area contributed by atoms with Crippen LogP contribution in [0.3, 0.4) is 0 Å². The summed E-state index contributed by atoms with van der Waals surface area (Å²) in [5.74, 6) is 1.65. The number of nitro groups is 1. The van der Waals surface area contributed by atoms with Crippen molar-refractivity contribution >= 4 is 17.8 Å². The number of methoxy groups -OCH3 is 1. The third-order valence-electron chi connectivity index (χ3n) is 6.73. The number of carbonyl (C=O) groups excluding carboxylic acids is 1. The van der Waals surface area contributed by atoms with Crippen LogP contribution < -0.4 is 14.9 Å². The summed E-state index contributed by atoms with van der Waals surface area (Å²) >= 11 is 0. The first-order valence-corrected chi connectivity index (χ1v) is 10.8. The lowest BCUT2D eigenvalue weighted by Gasteiger charge is -2.15. The van der Waals surface area contributed by atoms with Gasteiger partial charge >= 0.3 is 0 Å². The second kappa shape index (κ2) is 8.98. The molecule has 8 heteroatoms. The van der Waals surface area contributed by atoms with Gasteiger partial charge < -0.3 is 9.47 Å². The number of hydrogen-bond donors (Lipinski definition) is 1. The highest BCUT2D eigenvalue weighted by Crippen LogP contribution is 2.66. The Morgan fingerprint density at radius 2 is 2.03 bits per heavy atom. The number of ether oxygens (including phenoxy) is 2. The van der Waals surface area contributed by atoms with Gasteiger partial charge in [-0.3, -0.25) is 14.9 Å². The van der Waals surface area contributed by atoms with Crippen LogP contribution in [0.2, 0.25) is 0 Å². The zero-order chi connectivity index (χ0) is 22.7. The van der Waals surface area contributed by atoms with Crippen LogP contribution in [0.5, 0.6) is 11.5 Å². The number of hydrazone groups is 1. The van der Waals surface area contributed by atoms with E-state index < -0.39 is 4.92 Å². The molecule has 1 amide bonds. The van der Waals surface area contributed by atoms with E-state index in [-0.39, 0.29) is 29.5 Å². The number of nitro benzene ring substituents is 1. The number of nitrogens with one attached hydrogen (secondary N) is 1. The fourth-order valence-corrected chi connectivity index (χ4v) is 4.85. The molecule has 2 aromatic carbocycles. The number of hydrogen-bond acceptors (Lipinski definition) is 6. The third-order valence-corrected chi connectivity index (χ3v) is 6.73. The molecule has 0 heterocycles. The summed E-state index contributed by atoms with van der Waals surface area (Å²) < 4.78 is 11.2. The first-order valence-electron chi connectivity index (χ1n) is 10.8. The standard InChI is InChI=1S/C24H27N3O5/c1-24-12-4-3-5-19(24)22(24)23(28)26-25-14-17-8-11-20(21(13-17)31-2)32-15-16-6-9-18(10-7-16)27(29)30/h6-11,13-14,19,22H,3-5,12,15H2,1-2H3,(H,26,28)/b25-14+/t19-,22-,24+/m1/s1. The molecule has 8 nitrogen and oxygen atoms in total. The zero-order valence-corrected chi connectivity index (χ0v) is 18.2. The molecule has 0 unspecified atom stereocenters. The van der Waals surface area contributed by atoms with Crippen molar-refractivity contribution in [3.05, 3.63) is 63.7 Å². The van der Waals surface area contributed by atoms with Crippen LogP contribution in [-0.4, -0.2) is 24.2 Å². The molecule has 0 spiro atoms. The van der Waals surface area contributed by atoms with E-state index in [0.29, 0.717) is 17.4 Å². The predicted molar refractivity (Wildman–Crippen MR) is 120 cm³/mol. The Morgan fingerprint density at radius 1 is 1.25 bits per heavy atom. The molecule has 2 aromatic rings. The van der Waals surface area contributed by atoms with Crippen LogP contribution in [0.25, 0.3) is 0 Å². The quantitative estimate of drug-likeness (QED) is 0.373. The third kappa shape index (κ3) is 4.44. The summed E-state index contributed by atoms with van der Waals surface area (Å²) in [6.07, 6.45) is 6.27. The van der Waals surface area contributed by atoms with Gasteiger partial charge in [0.1, 0.15) is 6.61 Å². The van der Waals surface area contributed by atoms with Gasteiger partial charge in [-0.25, -0.2) is 5.43 Å². The Labute approximate surface area is 186 Å². The van der Waals surface area contributed by atoms with Crippen molar-refractivity contribution in [2.75, 3.05) is 7.11 Å². The van der Waals surface area contributed by atoms with Crippen LogP contribution in [0.15, 0.2) is 47.6 Å². The van der Waals surface area contributed by atoms with Gasteiger partial charge in [0, 0.05) is 18.1 Å². The molecule has 2 fully saturated rings. The van der Waals surface area contributed by atoms with Gasteiger partial charge in [0.15, 0.2) is 11.5 Å². The average Bonchev–Trinajstić information content (AvgIpc) is 3.43. The van der Waals surface area contributed by atoms with Crippen molar-refractivity contribution < 1.29 is 19.2 Å². The van der Waals surface area contributed by atoms with E-state index >= 15 is 0 Å². The summed E-state index contributed by atoms with van der Waals surface area (Å²) in [6.45, 7) is 2.46. The predicted octanol–water partition coefficient (Wildman–Crippen LogP) is 4.46. The molecule has 0 bridgehead atoms. The Morgan fingerprint density at radius 3 is 2.69 bits per heavy atom. The molecule has 0 radical (unpaired) electrons. The lowest BCUT2D eigenvalue weighted by Crippen LogP contribution is -2.22. The van der Waals surface area contributed by atoms with Gasteiger partial charge in [-0.05, 0) is 65.6 Å². The maximum Gasteiger partial charge on any atom is 0.269 e. The summed E-state index contributed by atoms with van der Waals surface area (Å²) in [4.78, 5) is 22.8. The summed E-state index contributed by atoms with van der Waals surface area (Å²) in [5.41, 5.74) is 4.47. The van der Waals surface area contributed by atoms with E-state index in [1.807, 2.05) is 6.07 Å². The van der Waals surface area contributed by atoms with Crippen molar-refractivity contribution in [3.63, 3.8) is 0 Å². The highest BCUT2D eigenvalue weighted by molar-refractivity contribution is 5.86. The second-order valence-electron chi connectivity index (χ2n) is 8.69. The first kappa shape index (κ1) is 21.8. The number of non-ortho nitro benzene ring substituents is 1. The number of rotatable bonds is 8. The minimum atomic E-state index is -0.436. The van der Waals surface area contributed by atoms with Crippen LogP contribution >= 0.6 is 0 Å². The number of amides is 1. The van der Waals surface area contributed by atoms with Crippen LogP contribution in [0, 0.1) is 27.4 Å². The zero-order valence-electron chi connectivity index (χ0n) is 18.2. The summed E-state index contributed by atoms with van der Waals surface area (Å²) in [7, 11) is 1.55. The Balaban J connectivity index is 1.33. The smallest absolute Gasteiger partial charge is 0.269 e. The molecule has 0 aromatic heterocycles. The molecule has 32 heavy (non-hydrogen) atoms. The van der Waals surface area contributed by atoms with Crippen molar-refractivity contribution in [1.82, 2.24) is 5.43 Å². The van der Waals surface area contributed by atoms with Crippen LogP contribution in [-0.2, 0) is 11.4 Å². The minimum Gasteiger partial charge on any atom is -0.493 e. The van der Waals surface area contributed by atoms with Gasteiger partial charge in [-0.2, -0.15) is 5.10 Å². The van der Waals surface area contributed by atoms with E-state index in [4.69, 9.17) is 9.47 Å². The van der Waals surface area contributed by atoms with Gasteiger partial charge in [-0.15, -0.1) is 0 Å². The highest BCUT2D eigenvalue weighted by atomic mass is 16.6. The molecule has 0 saturated heterocycles. The van der Waals surface area contributed by atoms with Crippen molar-refractivity contribution in [2.24, 2.45) is 22.4 Å². The molecule has 1 N–H and O–H groups in total. The maximum atomic E-state index is 12.5. The number of carbonyl (C=O) groups is 1. The average molecular weight is 437 g/mol. The van der Waals surface area contributed by atoms with Crippen molar-refractivity contribution in [2.45, 2.75) is 39.2 Å². The molecule has 4 rings (SSSR count). The monoisotopic (exact) mass is 437 g/mol. The molecule has 168 valence electrons. The summed E-state index contributed by atoms with van der Waals surface area (Å²) in [5, 5.41) is 14.9. The topological polar surface area (TPSA) is 103 Å². The van der Waals surface area contributed by atoms with Gasteiger partial charge in [0.2, 0.25) is 5.91 Å². The Kier molecular flexibility index (Phi) is 6.12. The molecule has 2 aliphatic carbocycles. The van der Waals surface area contributed by atoms with E-state index in [0.717, 1.165) is 24.0 Å². The fourth-order valence-electron chi connectivity index (χ4n) is 4.85. The van der Waals surface area contributed by atoms with Crippen molar-refractivity contribution in [3.8, 4) is 11.5 Å². The van der Waals surface area contributed by atoms with Crippen molar-refractivity contribution in [1.29, 1.82) is 0 Å². The summed E-state index contributed by atoms with van der Waals surface area (Å²) in [6, 6.07) is 11.6. The molecular weight excluding hydrogens is 410 g/mol. The molecule has 2 saturated carbocycles. The lowest BCUT2D eigenvalue weighted by molar-refractivity contribution is -0.384. The molecule has 3 atom stereocenters. The highest BCUT2D eigenvalue weighted by Gasteiger charge is 2.64. The molecular formula is C24H27N3O5. The Hall–Kier alpha value is -3.42. The normalized spacial score (nSPS) is 23.9. The van der Waals surface area contributed by atoms with Crippen LogP contribution in [0.1, 0.15) is 43.7 Å². The second-order valence-corrected chi connectivity index (χ2v) is 8.69. The van der Waals surface area contributed by atoms with E-state index in [2.05, 4.69) is 17.5 Å². The van der Waals surface area contributed by atoms with Crippen LogP contribution in [0.4, 0.5) is 5.69 Å².